The zero-order valence-electron chi connectivity index (χ0n) is 9.80. The molecule has 0 bridgehead atoms. The monoisotopic (exact) mass is 253 g/mol. The first kappa shape index (κ1) is 13.6. The molecule has 5 heteroatoms. The first-order valence-corrected chi connectivity index (χ1v) is 6.64. The molecule has 0 aliphatic heterocycles. The molecule has 0 spiro atoms. The third-order valence-corrected chi connectivity index (χ3v) is 3.29. The van der Waals surface area contributed by atoms with Gasteiger partial charge in [-0.3, -0.25) is 0 Å². The van der Waals surface area contributed by atoms with Crippen molar-refractivity contribution in [1.29, 1.82) is 0 Å². The number of rotatable bonds is 5. The average molecular weight is 253 g/mol. The van der Waals surface area contributed by atoms with Crippen LogP contribution in [-0.4, -0.2) is 21.1 Å². The number of terminal acetylenes is 1. The fourth-order valence-corrected chi connectivity index (χ4v) is 2.12. The second kappa shape index (κ2) is 5.71. The third-order valence-electron chi connectivity index (χ3n) is 1.87. The van der Waals surface area contributed by atoms with Gasteiger partial charge >= 0.3 is 0 Å². The molecule has 0 atom stereocenters. The minimum atomic E-state index is -3.52. The molecule has 1 rings (SSSR count). The molecule has 0 heterocycles. The smallest absolute Gasteiger partial charge is 0.241 e. The largest absolute Gasteiger partial charge is 0.491 e. The maximum absolute atomic E-state index is 11.7. The van der Waals surface area contributed by atoms with Crippen LogP contribution in [0.2, 0.25) is 0 Å². The minimum Gasteiger partial charge on any atom is -0.491 e. The van der Waals surface area contributed by atoms with Gasteiger partial charge in [0.05, 0.1) is 17.5 Å². The second-order valence-corrected chi connectivity index (χ2v) is 5.43. The summed E-state index contributed by atoms with van der Waals surface area (Å²) in [6.45, 7) is 3.78. The lowest BCUT2D eigenvalue weighted by Crippen LogP contribution is -2.23. The lowest BCUT2D eigenvalue weighted by Gasteiger charge is -2.10. The van der Waals surface area contributed by atoms with Crippen molar-refractivity contribution in [1.82, 2.24) is 4.72 Å². The molecule has 0 amide bonds. The fraction of sp³-hybridized carbons (Fsp3) is 0.333. The van der Waals surface area contributed by atoms with Crippen LogP contribution in [0.3, 0.4) is 0 Å². The van der Waals surface area contributed by atoms with Crippen LogP contribution in [0.4, 0.5) is 0 Å². The summed E-state index contributed by atoms with van der Waals surface area (Å²) in [5, 5.41) is 0. The first-order chi connectivity index (χ1) is 7.95. The molecule has 0 unspecified atom stereocenters. The van der Waals surface area contributed by atoms with Gasteiger partial charge in [0.1, 0.15) is 5.75 Å². The Morgan fingerprint density at radius 3 is 2.41 bits per heavy atom. The summed E-state index contributed by atoms with van der Waals surface area (Å²) >= 11 is 0. The molecule has 1 aromatic rings. The van der Waals surface area contributed by atoms with E-state index in [1.807, 2.05) is 13.8 Å². The van der Waals surface area contributed by atoms with E-state index in [1.54, 1.807) is 12.1 Å². The van der Waals surface area contributed by atoms with E-state index in [4.69, 9.17) is 11.2 Å². The second-order valence-electron chi connectivity index (χ2n) is 3.67. The molecule has 92 valence electrons. The van der Waals surface area contributed by atoms with Gasteiger partial charge < -0.3 is 4.74 Å². The van der Waals surface area contributed by atoms with Crippen LogP contribution >= 0.6 is 0 Å². The van der Waals surface area contributed by atoms with Crippen molar-refractivity contribution in [3.63, 3.8) is 0 Å². The van der Waals surface area contributed by atoms with E-state index in [0.717, 1.165) is 0 Å². The maximum Gasteiger partial charge on any atom is 0.241 e. The summed E-state index contributed by atoms with van der Waals surface area (Å²) in [5.41, 5.74) is 0. The number of ether oxygens (including phenoxy) is 1. The number of benzene rings is 1. The number of hydrogen-bond acceptors (Lipinski definition) is 3. The van der Waals surface area contributed by atoms with E-state index in [9.17, 15) is 8.42 Å². The molecule has 1 aromatic carbocycles. The Balaban J connectivity index is 2.84. The Bertz CT molecular complexity index is 498. The molecular weight excluding hydrogens is 238 g/mol. The van der Waals surface area contributed by atoms with E-state index in [2.05, 4.69) is 10.6 Å². The van der Waals surface area contributed by atoms with Gasteiger partial charge in [-0.25, -0.2) is 8.42 Å². The molecular formula is C12H15NO3S. The molecule has 1 N–H and O–H groups in total. The molecule has 0 fully saturated rings. The van der Waals surface area contributed by atoms with Gasteiger partial charge in [-0.15, -0.1) is 6.42 Å². The predicted molar refractivity (Wildman–Crippen MR) is 66.2 cm³/mol. The van der Waals surface area contributed by atoms with Gasteiger partial charge in [0, 0.05) is 0 Å². The van der Waals surface area contributed by atoms with Gasteiger partial charge in [-0.05, 0) is 38.1 Å². The van der Waals surface area contributed by atoms with Crippen molar-refractivity contribution >= 4 is 10.0 Å². The number of sulfonamides is 1. The van der Waals surface area contributed by atoms with Gasteiger partial charge in [0.25, 0.3) is 0 Å². The lowest BCUT2D eigenvalue weighted by molar-refractivity contribution is 0.242. The summed E-state index contributed by atoms with van der Waals surface area (Å²) < 4.78 is 31.1. The highest BCUT2D eigenvalue weighted by atomic mass is 32.2. The molecule has 0 radical (unpaired) electrons. The van der Waals surface area contributed by atoms with Gasteiger partial charge in [-0.2, -0.15) is 4.72 Å². The van der Waals surface area contributed by atoms with Crippen LogP contribution in [0.5, 0.6) is 5.75 Å². The van der Waals surface area contributed by atoms with Crippen molar-refractivity contribution in [3.05, 3.63) is 24.3 Å². The van der Waals surface area contributed by atoms with Gasteiger partial charge in [0.2, 0.25) is 10.0 Å². The molecule has 17 heavy (non-hydrogen) atoms. The van der Waals surface area contributed by atoms with E-state index < -0.39 is 10.0 Å². The topological polar surface area (TPSA) is 55.4 Å². The normalized spacial score (nSPS) is 11.2. The zero-order valence-corrected chi connectivity index (χ0v) is 10.6. The van der Waals surface area contributed by atoms with Gasteiger partial charge in [0.15, 0.2) is 0 Å². The lowest BCUT2D eigenvalue weighted by atomic mass is 10.3. The van der Waals surface area contributed by atoms with Crippen molar-refractivity contribution in [2.75, 3.05) is 6.54 Å². The summed E-state index contributed by atoms with van der Waals surface area (Å²) in [6.07, 6.45) is 5.05. The summed E-state index contributed by atoms with van der Waals surface area (Å²) in [7, 11) is -3.52. The summed E-state index contributed by atoms with van der Waals surface area (Å²) in [4.78, 5) is 0.170. The molecule has 0 aromatic heterocycles. The molecule has 4 nitrogen and oxygen atoms in total. The van der Waals surface area contributed by atoms with E-state index >= 15 is 0 Å². The highest BCUT2D eigenvalue weighted by molar-refractivity contribution is 7.89. The van der Waals surface area contributed by atoms with E-state index in [0.29, 0.717) is 5.75 Å². The average Bonchev–Trinajstić information content (AvgIpc) is 2.26. The Morgan fingerprint density at radius 2 is 1.94 bits per heavy atom. The molecule has 0 saturated carbocycles. The van der Waals surface area contributed by atoms with Crippen LogP contribution in [-0.2, 0) is 10.0 Å². The Labute approximate surface area is 102 Å². The quantitative estimate of drug-likeness (QED) is 0.807. The predicted octanol–water partition coefficient (Wildman–Crippen LogP) is 1.39. The number of nitrogens with one attached hydrogen (secondary N) is 1. The zero-order chi connectivity index (χ0) is 12.9. The van der Waals surface area contributed by atoms with Crippen molar-refractivity contribution < 1.29 is 13.2 Å². The Morgan fingerprint density at radius 1 is 1.35 bits per heavy atom. The highest BCUT2D eigenvalue weighted by Crippen LogP contribution is 2.16. The minimum absolute atomic E-state index is 0.0213. The molecule has 0 saturated heterocycles. The standard InChI is InChI=1S/C12H15NO3S/c1-4-9-13-17(14,15)12-7-5-11(6-8-12)16-10(2)3/h1,5-8,10,13H,9H2,2-3H3. The summed E-state index contributed by atoms with van der Waals surface area (Å²) in [6, 6.07) is 6.20. The molecule has 0 aliphatic rings. The van der Waals surface area contributed by atoms with Crippen LogP contribution in [0.1, 0.15) is 13.8 Å². The van der Waals surface area contributed by atoms with Crippen molar-refractivity contribution in [2.45, 2.75) is 24.8 Å². The van der Waals surface area contributed by atoms with Crippen LogP contribution < -0.4 is 9.46 Å². The Hall–Kier alpha value is -1.51. The van der Waals surface area contributed by atoms with E-state index in [-0.39, 0.29) is 17.5 Å². The third kappa shape index (κ3) is 4.10. The van der Waals surface area contributed by atoms with E-state index in [1.165, 1.54) is 12.1 Å². The molecule has 0 aliphatic carbocycles. The number of hydrogen-bond donors (Lipinski definition) is 1. The van der Waals surface area contributed by atoms with Crippen LogP contribution in [0, 0.1) is 12.3 Å². The Kier molecular flexibility index (Phi) is 4.55. The maximum atomic E-state index is 11.7. The van der Waals surface area contributed by atoms with Crippen molar-refractivity contribution in [2.24, 2.45) is 0 Å². The first-order valence-electron chi connectivity index (χ1n) is 5.15. The van der Waals surface area contributed by atoms with Gasteiger partial charge in [-0.1, -0.05) is 5.92 Å². The summed E-state index contributed by atoms with van der Waals surface area (Å²) in [5.74, 6) is 2.85. The van der Waals surface area contributed by atoms with Crippen LogP contribution in [0.25, 0.3) is 0 Å². The van der Waals surface area contributed by atoms with Crippen molar-refractivity contribution in [3.8, 4) is 18.1 Å². The SMILES string of the molecule is C#CCNS(=O)(=O)c1ccc(OC(C)C)cc1. The highest BCUT2D eigenvalue weighted by Gasteiger charge is 2.12. The fourth-order valence-electron chi connectivity index (χ4n) is 1.19. The van der Waals surface area contributed by atoms with Crippen LogP contribution in [0.15, 0.2) is 29.2 Å².